The Balaban J connectivity index is 2.45. The van der Waals surface area contributed by atoms with Gasteiger partial charge in [-0.15, -0.1) is 0 Å². The summed E-state index contributed by atoms with van der Waals surface area (Å²) in [6.07, 6.45) is 0. The molecule has 0 unspecified atom stereocenters. The monoisotopic (exact) mass is 197 g/mol. The minimum absolute atomic E-state index is 0.518. The summed E-state index contributed by atoms with van der Waals surface area (Å²) in [4.78, 5) is 0. The molecule has 0 aliphatic carbocycles. The standard InChI is InChI=1S/C9H10O3P/c1-3-10-8-6(2)4-5-7-9(8)12-13-11-7/h4-5H,3H2,1-2H3. The lowest BCUT2D eigenvalue weighted by molar-refractivity contribution is 0.329. The zero-order valence-electron chi connectivity index (χ0n) is 7.53. The third-order valence-corrected chi connectivity index (χ3v) is 2.35. The van der Waals surface area contributed by atoms with E-state index in [2.05, 4.69) is 0 Å². The van der Waals surface area contributed by atoms with E-state index < -0.39 is 0 Å². The van der Waals surface area contributed by atoms with Gasteiger partial charge < -0.3 is 13.8 Å². The molecule has 1 aliphatic heterocycles. The number of benzene rings is 1. The van der Waals surface area contributed by atoms with Crippen molar-refractivity contribution in [3.63, 3.8) is 0 Å². The first-order chi connectivity index (χ1) is 6.33. The predicted octanol–water partition coefficient (Wildman–Crippen LogP) is 2.94. The van der Waals surface area contributed by atoms with Gasteiger partial charge >= 0.3 is 9.03 Å². The maximum atomic E-state index is 5.47. The Kier molecular flexibility index (Phi) is 2.28. The molecule has 13 heavy (non-hydrogen) atoms. The van der Waals surface area contributed by atoms with Crippen LogP contribution in [0.15, 0.2) is 12.1 Å². The quantitative estimate of drug-likeness (QED) is 0.682. The number of rotatable bonds is 2. The van der Waals surface area contributed by atoms with E-state index in [-0.39, 0.29) is 0 Å². The molecule has 0 fully saturated rings. The highest BCUT2D eigenvalue weighted by Crippen LogP contribution is 2.49. The highest BCUT2D eigenvalue weighted by molar-refractivity contribution is 7.27. The molecule has 69 valence electrons. The average Bonchev–Trinajstić information content (AvgIpc) is 2.58. The maximum Gasteiger partial charge on any atom is 0.405 e. The first-order valence-corrected chi connectivity index (χ1v) is 4.86. The lowest BCUT2D eigenvalue weighted by Crippen LogP contribution is -1.94. The maximum absolute atomic E-state index is 5.47. The van der Waals surface area contributed by atoms with Crippen LogP contribution in [0.1, 0.15) is 12.5 Å². The summed E-state index contributed by atoms with van der Waals surface area (Å²) in [5, 5.41) is 0. The molecule has 0 amide bonds. The summed E-state index contributed by atoms with van der Waals surface area (Å²) < 4.78 is 16.0. The Morgan fingerprint density at radius 2 is 2.23 bits per heavy atom. The van der Waals surface area contributed by atoms with Crippen LogP contribution in [0, 0.1) is 6.92 Å². The number of fused-ring (bicyclic) bond motifs is 1. The molecule has 3 nitrogen and oxygen atoms in total. The van der Waals surface area contributed by atoms with E-state index in [0.29, 0.717) is 15.6 Å². The van der Waals surface area contributed by atoms with Crippen molar-refractivity contribution >= 4 is 9.03 Å². The molecule has 1 heterocycles. The van der Waals surface area contributed by atoms with Crippen molar-refractivity contribution in [2.75, 3.05) is 6.61 Å². The van der Waals surface area contributed by atoms with Crippen LogP contribution in [-0.4, -0.2) is 6.61 Å². The predicted molar refractivity (Wildman–Crippen MR) is 50.5 cm³/mol. The van der Waals surface area contributed by atoms with Crippen molar-refractivity contribution < 1.29 is 13.8 Å². The fourth-order valence-corrected chi connectivity index (χ4v) is 1.73. The normalized spacial score (nSPS) is 14.9. The minimum atomic E-state index is 0.518. The Morgan fingerprint density at radius 1 is 1.38 bits per heavy atom. The van der Waals surface area contributed by atoms with Crippen LogP contribution in [0.4, 0.5) is 0 Å². The fraction of sp³-hybridized carbons (Fsp3) is 0.333. The molecule has 0 spiro atoms. The van der Waals surface area contributed by atoms with Crippen LogP contribution >= 0.6 is 9.03 Å². The van der Waals surface area contributed by atoms with Crippen LogP contribution in [0.2, 0.25) is 0 Å². The van der Waals surface area contributed by atoms with Gasteiger partial charge in [0.2, 0.25) is 5.75 Å². The van der Waals surface area contributed by atoms with E-state index in [1.165, 1.54) is 0 Å². The second kappa shape index (κ2) is 3.43. The van der Waals surface area contributed by atoms with Crippen molar-refractivity contribution in [2.45, 2.75) is 13.8 Å². The zero-order valence-corrected chi connectivity index (χ0v) is 8.43. The van der Waals surface area contributed by atoms with E-state index in [1.807, 2.05) is 26.0 Å². The molecule has 2 rings (SSSR count). The molecule has 0 saturated heterocycles. The summed E-state index contributed by atoms with van der Waals surface area (Å²) in [5.41, 5.74) is 1.07. The zero-order chi connectivity index (χ0) is 9.26. The molecule has 0 saturated carbocycles. The Morgan fingerprint density at radius 3 is 3.00 bits per heavy atom. The van der Waals surface area contributed by atoms with E-state index in [9.17, 15) is 0 Å². The summed E-state index contributed by atoms with van der Waals surface area (Å²) >= 11 is 0. The van der Waals surface area contributed by atoms with Gasteiger partial charge in [0.25, 0.3) is 0 Å². The van der Waals surface area contributed by atoms with Crippen LogP contribution in [0.3, 0.4) is 0 Å². The molecule has 0 bridgehead atoms. The van der Waals surface area contributed by atoms with E-state index in [0.717, 1.165) is 22.8 Å². The molecule has 1 radical (unpaired) electrons. The van der Waals surface area contributed by atoms with Crippen molar-refractivity contribution in [1.82, 2.24) is 0 Å². The van der Waals surface area contributed by atoms with Crippen LogP contribution in [0.25, 0.3) is 0 Å². The SMILES string of the molecule is CCOc1c(C)ccc2c1O[P]O2. The van der Waals surface area contributed by atoms with Gasteiger partial charge in [-0.3, -0.25) is 0 Å². The summed E-state index contributed by atoms with van der Waals surface area (Å²) in [7, 11) is 0.518. The van der Waals surface area contributed by atoms with Crippen LogP contribution < -0.4 is 13.8 Å². The number of hydrogen-bond donors (Lipinski definition) is 0. The molecule has 0 aromatic heterocycles. The van der Waals surface area contributed by atoms with Gasteiger partial charge in [-0.05, 0) is 25.5 Å². The van der Waals surface area contributed by atoms with Crippen LogP contribution in [0.5, 0.6) is 17.2 Å². The molecule has 1 aliphatic rings. The largest absolute Gasteiger partial charge is 0.490 e. The average molecular weight is 197 g/mol. The van der Waals surface area contributed by atoms with Gasteiger partial charge in [0.1, 0.15) is 0 Å². The number of aryl methyl sites for hydroxylation is 1. The van der Waals surface area contributed by atoms with Gasteiger partial charge in [0, 0.05) is 0 Å². The fourth-order valence-electron chi connectivity index (χ4n) is 1.22. The van der Waals surface area contributed by atoms with E-state index in [4.69, 9.17) is 13.8 Å². The Labute approximate surface area is 78.9 Å². The van der Waals surface area contributed by atoms with Gasteiger partial charge in [0.15, 0.2) is 11.5 Å². The lowest BCUT2D eigenvalue weighted by atomic mass is 10.2. The summed E-state index contributed by atoms with van der Waals surface area (Å²) in [6, 6.07) is 3.86. The van der Waals surface area contributed by atoms with Gasteiger partial charge in [-0.2, -0.15) is 0 Å². The number of ether oxygens (including phenoxy) is 1. The summed E-state index contributed by atoms with van der Waals surface area (Å²) in [5.74, 6) is 2.28. The Bertz CT molecular complexity index is 325. The van der Waals surface area contributed by atoms with Gasteiger partial charge in [-0.1, -0.05) is 6.07 Å². The molecular formula is C9H10O3P. The Hall–Kier alpha value is -0.950. The molecular weight excluding hydrogens is 187 g/mol. The third kappa shape index (κ3) is 1.44. The second-order valence-corrected chi connectivity index (χ2v) is 3.24. The van der Waals surface area contributed by atoms with Crippen LogP contribution in [-0.2, 0) is 0 Å². The first-order valence-electron chi connectivity index (χ1n) is 4.13. The lowest BCUT2D eigenvalue weighted by Gasteiger charge is -2.08. The van der Waals surface area contributed by atoms with Crippen molar-refractivity contribution in [1.29, 1.82) is 0 Å². The van der Waals surface area contributed by atoms with Crippen molar-refractivity contribution in [3.05, 3.63) is 17.7 Å². The van der Waals surface area contributed by atoms with Gasteiger partial charge in [0.05, 0.1) is 6.61 Å². The van der Waals surface area contributed by atoms with E-state index >= 15 is 0 Å². The smallest absolute Gasteiger partial charge is 0.405 e. The summed E-state index contributed by atoms with van der Waals surface area (Å²) in [6.45, 7) is 4.58. The highest BCUT2D eigenvalue weighted by Gasteiger charge is 2.22. The topological polar surface area (TPSA) is 27.7 Å². The minimum Gasteiger partial charge on any atom is -0.490 e. The number of hydrogen-bond acceptors (Lipinski definition) is 3. The molecule has 1 aromatic rings. The second-order valence-electron chi connectivity index (χ2n) is 2.73. The van der Waals surface area contributed by atoms with E-state index in [1.54, 1.807) is 0 Å². The molecule has 0 atom stereocenters. The van der Waals surface area contributed by atoms with Crippen molar-refractivity contribution in [3.8, 4) is 17.2 Å². The van der Waals surface area contributed by atoms with Gasteiger partial charge in [-0.25, -0.2) is 0 Å². The third-order valence-electron chi connectivity index (χ3n) is 1.83. The molecule has 4 heteroatoms. The van der Waals surface area contributed by atoms with Crippen molar-refractivity contribution in [2.24, 2.45) is 0 Å². The highest BCUT2D eigenvalue weighted by atomic mass is 31.1. The molecule has 1 aromatic carbocycles. The first kappa shape index (κ1) is 8.64. The molecule has 0 N–H and O–H groups in total.